The van der Waals surface area contributed by atoms with Crippen LogP contribution < -0.4 is 16.8 Å². The summed E-state index contributed by atoms with van der Waals surface area (Å²) < 4.78 is 0. The number of rotatable bonds is 6. The molecule has 7 nitrogen and oxygen atoms in total. The van der Waals surface area contributed by atoms with Crippen LogP contribution in [-0.4, -0.2) is 34.9 Å². The van der Waals surface area contributed by atoms with Crippen LogP contribution in [-0.2, 0) is 0 Å². The fraction of sp³-hybridized carbons (Fsp3) is 0.0870. The summed E-state index contributed by atoms with van der Waals surface area (Å²) in [6.45, 7) is 0.845. The Morgan fingerprint density at radius 3 is 2.27 bits per heavy atom. The first-order valence-electron chi connectivity index (χ1n) is 9.53. The predicted molar refractivity (Wildman–Crippen MR) is 117 cm³/mol. The van der Waals surface area contributed by atoms with Crippen molar-refractivity contribution in [2.24, 2.45) is 11.5 Å². The Kier molecular flexibility index (Phi) is 5.28. The van der Waals surface area contributed by atoms with Crippen LogP contribution in [0.1, 0.15) is 20.7 Å². The highest BCUT2D eigenvalue weighted by Gasteiger charge is 2.11. The number of hydrogen-bond acceptors (Lipinski definition) is 4. The molecule has 0 saturated carbocycles. The summed E-state index contributed by atoms with van der Waals surface area (Å²) >= 11 is 0. The molecule has 0 atom stereocenters. The largest absolute Gasteiger partial charge is 0.366 e. The van der Waals surface area contributed by atoms with Crippen LogP contribution in [0, 0.1) is 0 Å². The summed E-state index contributed by atoms with van der Waals surface area (Å²) in [6.07, 6.45) is 3.69. The zero-order valence-corrected chi connectivity index (χ0v) is 16.2. The van der Waals surface area contributed by atoms with Gasteiger partial charge in [-0.15, -0.1) is 0 Å². The number of amides is 2. The van der Waals surface area contributed by atoms with E-state index in [1.807, 2.05) is 30.5 Å². The predicted octanol–water partition coefficient (Wildman–Crippen LogP) is 2.68. The van der Waals surface area contributed by atoms with Gasteiger partial charge in [0.1, 0.15) is 5.65 Å². The van der Waals surface area contributed by atoms with E-state index in [2.05, 4.69) is 21.4 Å². The van der Waals surface area contributed by atoms with Crippen molar-refractivity contribution in [2.75, 3.05) is 13.1 Å². The minimum Gasteiger partial charge on any atom is -0.366 e. The van der Waals surface area contributed by atoms with E-state index in [1.54, 1.807) is 30.5 Å². The van der Waals surface area contributed by atoms with Gasteiger partial charge in [-0.3, -0.25) is 9.59 Å². The van der Waals surface area contributed by atoms with E-state index in [-0.39, 0.29) is 5.91 Å². The van der Waals surface area contributed by atoms with Gasteiger partial charge in [-0.2, -0.15) is 0 Å². The molecule has 0 saturated heterocycles. The van der Waals surface area contributed by atoms with Gasteiger partial charge in [0.15, 0.2) is 0 Å². The molecule has 0 aliphatic heterocycles. The Labute approximate surface area is 173 Å². The molecule has 0 fully saturated rings. The second kappa shape index (κ2) is 8.18. The van der Waals surface area contributed by atoms with Crippen molar-refractivity contribution < 1.29 is 9.59 Å². The maximum atomic E-state index is 12.0. The smallest absolute Gasteiger partial charge is 0.251 e. The van der Waals surface area contributed by atoms with Crippen LogP contribution in [0.4, 0.5) is 0 Å². The van der Waals surface area contributed by atoms with Crippen LogP contribution in [0.5, 0.6) is 0 Å². The molecule has 6 N–H and O–H groups in total. The van der Waals surface area contributed by atoms with Crippen molar-refractivity contribution in [1.82, 2.24) is 15.3 Å². The lowest BCUT2D eigenvalue weighted by molar-refractivity contribution is 0.0953. The summed E-state index contributed by atoms with van der Waals surface area (Å²) in [4.78, 5) is 31.1. The lowest BCUT2D eigenvalue weighted by Gasteiger charge is -2.06. The second-order valence-electron chi connectivity index (χ2n) is 6.89. The van der Waals surface area contributed by atoms with Gasteiger partial charge in [-0.25, -0.2) is 4.98 Å². The summed E-state index contributed by atoms with van der Waals surface area (Å²) in [6, 6.07) is 16.6. The Balaban J connectivity index is 1.66. The number of carbonyl (C=O) groups is 2. The number of nitrogens with one attached hydrogen (secondary N) is 2. The van der Waals surface area contributed by atoms with Crippen molar-refractivity contribution in [3.63, 3.8) is 0 Å². The maximum absolute atomic E-state index is 12.0. The minimum absolute atomic E-state index is 0.145. The first kappa shape index (κ1) is 19.4. The van der Waals surface area contributed by atoms with Crippen molar-refractivity contribution in [2.45, 2.75) is 0 Å². The van der Waals surface area contributed by atoms with Crippen LogP contribution in [0.15, 0.2) is 67.0 Å². The van der Waals surface area contributed by atoms with Gasteiger partial charge >= 0.3 is 0 Å². The second-order valence-corrected chi connectivity index (χ2v) is 6.89. The Hall–Kier alpha value is -3.97. The van der Waals surface area contributed by atoms with Crippen LogP contribution >= 0.6 is 0 Å². The molecule has 30 heavy (non-hydrogen) atoms. The fourth-order valence-corrected chi connectivity index (χ4v) is 3.32. The van der Waals surface area contributed by atoms with E-state index < -0.39 is 5.91 Å². The van der Waals surface area contributed by atoms with E-state index in [0.29, 0.717) is 24.2 Å². The molecule has 4 rings (SSSR count). The quantitative estimate of drug-likeness (QED) is 0.397. The first-order valence-corrected chi connectivity index (χ1v) is 9.53. The molecule has 2 amide bonds. The number of carbonyl (C=O) groups excluding carboxylic acids is 2. The Morgan fingerprint density at radius 1 is 0.933 bits per heavy atom. The monoisotopic (exact) mass is 399 g/mol. The van der Waals surface area contributed by atoms with E-state index in [0.717, 1.165) is 33.3 Å². The first-order chi connectivity index (χ1) is 14.6. The van der Waals surface area contributed by atoms with Gasteiger partial charge in [-0.1, -0.05) is 24.3 Å². The molecular formula is C23H21N5O2. The molecule has 0 aliphatic carbocycles. The standard InChI is InChI=1S/C23H21N5O2/c24-9-10-26-23(30)17-7-1-14(2-8-17)18-11-19-20(13-28-22(19)27-12-18)15-3-5-16(6-4-15)21(25)29/h1-8,11-13H,9-10,24H2,(H2,25,29)(H,26,30)(H,27,28). The van der Waals surface area contributed by atoms with Crippen molar-refractivity contribution in [3.8, 4) is 22.3 Å². The molecule has 2 heterocycles. The van der Waals surface area contributed by atoms with Crippen molar-refractivity contribution >= 4 is 22.8 Å². The number of nitrogens with two attached hydrogens (primary N) is 2. The number of aromatic amines is 1. The molecule has 2 aromatic heterocycles. The van der Waals surface area contributed by atoms with E-state index in [4.69, 9.17) is 11.5 Å². The Bertz CT molecular complexity index is 1210. The third kappa shape index (κ3) is 3.78. The summed E-state index contributed by atoms with van der Waals surface area (Å²) in [5.41, 5.74) is 16.4. The summed E-state index contributed by atoms with van der Waals surface area (Å²) in [5.74, 6) is -0.600. The van der Waals surface area contributed by atoms with E-state index in [9.17, 15) is 9.59 Å². The highest BCUT2D eigenvalue weighted by molar-refractivity contribution is 5.98. The molecular weight excluding hydrogens is 378 g/mol. The SMILES string of the molecule is NCCNC(=O)c1ccc(-c2cnc3[nH]cc(-c4ccc(C(N)=O)cc4)c3c2)cc1. The molecule has 0 radical (unpaired) electrons. The zero-order valence-electron chi connectivity index (χ0n) is 16.2. The molecule has 0 aliphatic rings. The van der Waals surface area contributed by atoms with Gasteiger partial charge < -0.3 is 21.8 Å². The molecule has 150 valence electrons. The number of nitrogens with zero attached hydrogens (tertiary/aromatic N) is 1. The molecule has 2 aromatic carbocycles. The third-order valence-corrected chi connectivity index (χ3v) is 4.92. The zero-order chi connectivity index (χ0) is 21.1. The van der Waals surface area contributed by atoms with Crippen molar-refractivity contribution in [1.29, 1.82) is 0 Å². The summed E-state index contributed by atoms with van der Waals surface area (Å²) in [7, 11) is 0. The number of H-pyrrole nitrogens is 1. The van der Waals surface area contributed by atoms with E-state index >= 15 is 0 Å². The van der Waals surface area contributed by atoms with Crippen LogP contribution in [0.2, 0.25) is 0 Å². The molecule has 4 aromatic rings. The number of benzene rings is 2. The highest BCUT2D eigenvalue weighted by Crippen LogP contribution is 2.31. The van der Waals surface area contributed by atoms with Crippen LogP contribution in [0.3, 0.4) is 0 Å². The average molecular weight is 399 g/mol. The van der Waals surface area contributed by atoms with Crippen molar-refractivity contribution in [3.05, 3.63) is 78.1 Å². The number of fused-ring (bicyclic) bond motifs is 1. The van der Waals surface area contributed by atoms with Gasteiger partial charge in [-0.05, 0) is 41.5 Å². The number of primary amides is 1. The minimum atomic E-state index is -0.454. The lowest BCUT2D eigenvalue weighted by atomic mass is 10.0. The lowest BCUT2D eigenvalue weighted by Crippen LogP contribution is -2.28. The summed E-state index contributed by atoms with van der Waals surface area (Å²) in [5, 5.41) is 3.72. The molecule has 0 unspecified atom stereocenters. The third-order valence-electron chi connectivity index (χ3n) is 4.92. The van der Waals surface area contributed by atoms with Gasteiger partial charge in [0.05, 0.1) is 0 Å². The van der Waals surface area contributed by atoms with Crippen LogP contribution in [0.25, 0.3) is 33.3 Å². The topological polar surface area (TPSA) is 127 Å². The number of hydrogen-bond donors (Lipinski definition) is 4. The Morgan fingerprint density at radius 2 is 1.60 bits per heavy atom. The van der Waals surface area contributed by atoms with E-state index in [1.165, 1.54) is 0 Å². The number of pyridine rings is 1. The maximum Gasteiger partial charge on any atom is 0.251 e. The molecule has 7 heteroatoms. The highest BCUT2D eigenvalue weighted by atomic mass is 16.2. The van der Waals surface area contributed by atoms with Gasteiger partial charge in [0.2, 0.25) is 5.91 Å². The number of aromatic nitrogens is 2. The average Bonchev–Trinajstić information content (AvgIpc) is 3.21. The fourth-order valence-electron chi connectivity index (χ4n) is 3.32. The van der Waals surface area contributed by atoms with Gasteiger partial charge in [0, 0.05) is 53.1 Å². The molecule has 0 bridgehead atoms. The normalized spacial score (nSPS) is 10.8. The van der Waals surface area contributed by atoms with Gasteiger partial charge in [0.25, 0.3) is 5.91 Å². The molecule has 0 spiro atoms.